The number of carbonyl (C=O) groups is 4. The molecule has 2 aliphatic heterocycles. The molecule has 0 spiro atoms. The molecule has 4 aromatic carbocycles. The van der Waals surface area contributed by atoms with Gasteiger partial charge >= 0.3 is 0 Å². The number of anilines is 2. The maximum atomic E-state index is 15.2. The van der Waals surface area contributed by atoms with Gasteiger partial charge in [-0.05, 0) is 78.8 Å². The first-order chi connectivity index (χ1) is 25.7. The second-order valence-corrected chi connectivity index (χ2v) is 14.2. The van der Waals surface area contributed by atoms with Gasteiger partial charge in [0.2, 0.25) is 11.8 Å². The second kappa shape index (κ2) is 13.1. The van der Waals surface area contributed by atoms with Gasteiger partial charge in [0.05, 0.1) is 41.7 Å². The average molecular weight is 706 g/mol. The van der Waals surface area contributed by atoms with Gasteiger partial charge < -0.3 is 9.84 Å². The number of nitrogens with one attached hydrogen (secondary N) is 1. The van der Waals surface area contributed by atoms with E-state index in [1.54, 1.807) is 36.4 Å². The van der Waals surface area contributed by atoms with Crippen molar-refractivity contribution in [3.8, 4) is 11.5 Å². The van der Waals surface area contributed by atoms with Gasteiger partial charge in [0.25, 0.3) is 11.8 Å². The summed E-state index contributed by atoms with van der Waals surface area (Å²) in [5.74, 6) is -4.37. The number of allylic oxidation sites excluding steroid dienone is 3. The number of carbonyl (C=O) groups excluding carboxylic acids is 4. The standard InChI is InChI=1S/C44H39N3O6/c1-4-27-12-18-31(19-13-27)46-40(49)33-21-20-32-34(39(33)42(46)51)25-36-41(50)47(45-30-16-10-26(2)11-17-30)43(52)44(36,29-8-6-5-7-9-29)35(32)22-14-28-15-23-37(48)38(24-28)53-3/h4-20,22-24,33-36,39,45,48H,1,21,25H2,2-3H3/t33-,34+,35-,36-,39-,44-/m0/s1. The summed E-state index contributed by atoms with van der Waals surface area (Å²) in [5.41, 5.74) is 7.01. The Labute approximate surface area is 307 Å². The third-order valence-electron chi connectivity index (χ3n) is 11.5. The molecule has 266 valence electrons. The molecule has 2 N–H and O–H groups in total. The molecule has 0 aromatic heterocycles. The number of rotatable bonds is 8. The van der Waals surface area contributed by atoms with Crippen molar-refractivity contribution in [1.82, 2.24) is 5.01 Å². The van der Waals surface area contributed by atoms with Gasteiger partial charge in [0, 0.05) is 5.92 Å². The van der Waals surface area contributed by atoms with Gasteiger partial charge in [-0.25, -0.2) is 0 Å². The van der Waals surface area contributed by atoms with E-state index in [1.165, 1.54) is 12.0 Å². The smallest absolute Gasteiger partial charge is 0.260 e. The van der Waals surface area contributed by atoms with Gasteiger partial charge in [-0.2, -0.15) is 5.01 Å². The minimum atomic E-state index is -1.37. The van der Waals surface area contributed by atoms with Crippen molar-refractivity contribution in [2.45, 2.75) is 25.2 Å². The number of hydrogen-bond acceptors (Lipinski definition) is 7. The number of phenolic OH excluding ortho intramolecular Hbond substituents is 1. The normalized spacial score (nSPS) is 26.3. The zero-order chi connectivity index (χ0) is 37.0. The SMILES string of the molecule is C=Cc1ccc(N2C(=O)[C@H]3[C@H](CC=C4[C@H]3C[C@H]3C(=O)N(Nc5ccc(C)cc5)C(=O)[C@@]3(c3ccccc3)[C@H]4C=Cc3ccc(O)c(OC)c3)C2=O)cc1. The number of hydrogen-bond donors (Lipinski definition) is 2. The van der Waals surface area contributed by atoms with Crippen molar-refractivity contribution in [1.29, 1.82) is 0 Å². The molecule has 9 heteroatoms. The van der Waals surface area contributed by atoms with Crippen molar-refractivity contribution in [3.05, 3.63) is 144 Å². The van der Waals surface area contributed by atoms with Crippen LogP contribution >= 0.6 is 0 Å². The van der Waals surface area contributed by atoms with E-state index in [-0.39, 0.29) is 29.9 Å². The number of aromatic hydroxyl groups is 1. The lowest BCUT2D eigenvalue weighted by atomic mass is 9.50. The second-order valence-electron chi connectivity index (χ2n) is 14.2. The van der Waals surface area contributed by atoms with Crippen molar-refractivity contribution < 1.29 is 29.0 Å². The quantitative estimate of drug-likeness (QED) is 0.149. The summed E-state index contributed by atoms with van der Waals surface area (Å²) in [6, 6.07) is 29.0. The molecular formula is C44H39N3O6. The molecule has 4 aromatic rings. The van der Waals surface area contributed by atoms with Crippen LogP contribution in [0, 0.1) is 36.5 Å². The van der Waals surface area contributed by atoms with Gasteiger partial charge in [-0.15, -0.1) is 0 Å². The summed E-state index contributed by atoms with van der Waals surface area (Å²) < 4.78 is 5.37. The first-order valence-corrected chi connectivity index (χ1v) is 17.8. The zero-order valence-corrected chi connectivity index (χ0v) is 29.4. The number of hydrazine groups is 1. The summed E-state index contributed by atoms with van der Waals surface area (Å²) in [7, 11) is 1.47. The Morgan fingerprint density at radius 2 is 1.58 bits per heavy atom. The molecule has 4 amide bonds. The largest absolute Gasteiger partial charge is 0.504 e. The van der Waals surface area contributed by atoms with Gasteiger partial charge in [0.15, 0.2) is 11.5 Å². The van der Waals surface area contributed by atoms with Gasteiger partial charge in [-0.1, -0.05) is 103 Å². The first-order valence-electron chi connectivity index (χ1n) is 17.8. The molecule has 2 heterocycles. The Balaban J connectivity index is 1.28. The Morgan fingerprint density at radius 3 is 2.28 bits per heavy atom. The highest BCUT2D eigenvalue weighted by atomic mass is 16.5. The summed E-state index contributed by atoms with van der Waals surface area (Å²) in [5, 5.41) is 11.4. The molecular weight excluding hydrogens is 666 g/mol. The summed E-state index contributed by atoms with van der Waals surface area (Å²) in [6.07, 6.45) is 8.07. The number of amides is 4. The number of aryl methyl sites for hydroxylation is 1. The molecule has 9 nitrogen and oxygen atoms in total. The van der Waals surface area contributed by atoms with E-state index in [1.807, 2.05) is 91.9 Å². The number of methoxy groups -OCH3 is 1. The molecule has 0 unspecified atom stereocenters. The summed E-state index contributed by atoms with van der Waals surface area (Å²) in [4.78, 5) is 59.8. The maximum absolute atomic E-state index is 15.2. The highest BCUT2D eigenvalue weighted by Gasteiger charge is 2.69. The summed E-state index contributed by atoms with van der Waals surface area (Å²) >= 11 is 0. The van der Waals surface area contributed by atoms with E-state index in [2.05, 4.69) is 12.0 Å². The molecule has 2 saturated heterocycles. The highest BCUT2D eigenvalue weighted by Crippen LogP contribution is 2.61. The molecule has 0 radical (unpaired) electrons. The van der Waals surface area contributed by atoms with Crippen molar-refractivity contribution in [2.24, 2.45) is 29.6 Å². The van der Waals surface area contributed by atoms with Crippen LogP contribution in [0.5, 0.6) is 11.5 Å². The average Bonchev–Trinajstić information content (AvgIpc) is 3.56. The van der Waals surface area contributed by atoms with Gasteiger partial charge in [0.1, 0.15) is 0 Å². The lowest BCUT2D eigenvalue weighted by Gasteiger charge is -2.49. The monoisotopic (exact) mass is 705 g/mol. The van der Waals surface area contributed by atoms with Crippen molar-refractivity contribution in [3.63, 3.8) is 0 Å². The van der Waals surface area contributed by atoms with Crippen LogP contribution in [0.4, 0.5) is 11.4 Å². The van der Waals surface area contributed by atoms with Crippen LogP contribution in [0.1, 0.15) is 35.1 Å². The predicted octanol–water partition coefficient (Wildman–Crippen LogP) is 7.09. The van der Waals surface area contributed by atoms with Crippen molar-refractivity contribution >= 4 is 47.2 Å². The highest BCUT2D eigenvalue weighted by molar-refractivity contribution is 6.22. The minimum absolute atomic E-state index is 0.00767. The fourth-order valence-corrected chi connectivity index (χ4v) is 9.01. The Kier molecular flexibility index (Phi) is 8.36. The topological polar surface area (TPSA) is 116 Å². The number of fused-ring (bicyclic) bond motifs is 4. The van der Waals surface area contributed by atoms with Crippen LogP contribution in [-0.4, -0.2) is 40.9 Å². The van der Waals surface area contributed by atoms with Gasteiger partial charge in [-0.3, -0.25) is 29.5 Å². The minimum Gasteiger partial charge on any atom is -0.504 e. The molecule has 2 aliphatic carbocycles. The van der Waals surface area contributed by atoms with Crippen molar-refractivity contribution in [2.75, 3.05) is 17.4 Å². The van der Waals surface area contributed by atoms with E-state index in [0.29, 0.717) is 34.7 Å². The number of benzene rings is 4. The molecule has 1 saturated carbocycles. The van der Waals surface area contributed by atoms with E-state index in [0.717, 1.165) is 21.7 Å². The van der Waals surface area contributed by atoms with Crippen LogP contribution in [0.25, 0.3) is 12.2 Å². The molecule has 8 rings (SSSR count). The van der Waals surface area contributed by atoms with E-state index < -0.39 is 40.9 Å². The van der Waals surface area contributed by atoms with Crippen LogP contribution < -0.4 is 15.1 Å². The lowest BCUT2D eigenvalue weighted by Crippen LogP contribution is -2.54. The number of phenols is 1. The third-order valence-corrected chi connectivity index (χ3v) is 11.5. The Hall–Kier alpha value is -6.22. The first kappa shape index (κ1) is 33.9. The zero-order valence-electron chi connectivity index (χ0n) is 29.4. The van der Waals surface area contributed by atoms with Crippen LogP contribution in [0.3, 0.4) is 0 Å². The maximum Gasteiger partial charge on any atom is 0.260 e. The molecule has 6 atom stereocenters. The van der Waals surface area contributed by atoms with Crippen LogP contribution in [-0.2, 0) is 24.6 Å². The molecule has 0 bridgehead atoms. The Morgan fingerprint density at radius 1 is 0.868 bits per heavy atom. The fourth-order valence-electron chi connectivity index (χ4n) is 9.01. The van der Waals surface area contributed by atoms with E-state index in [4.69, 9.17) is 4.74 Å². The predicted molar refractivity (Wildman–Crippen MR) is 202 cm³/mol. The molecule has 53 heavy (non-hydrogen) atoms. The number of ether oxygens (including phenoxy) is 1. The van der Waals surface area contributed by atoms with E-state index >= 15 is 4.79 Å². The fraction of sp³-hybridized carbons (Fsp3) is 0.227. The number of imide groups is 2. The van der Waals surface area contributed by atoms with Crippen LogP contribution in [0.2, 0.25) is 0 Å². The molecule has 4 aliphatic rings. The van der Waals surface area contributed by atoms with E-state index in [9.17, 15) is 19.5 Å². The third kappa shape index (κ3) is 5.29. The Bertz CT molecular complexity index is 2210. The van der Waals surface area contributed by atoms with Crippen LogP contribution in [0.15, 0.2) is 121 Å². The number of nitrogens with zero attached hydrogens (tertiary/aromatic N) is 2. The molecule has 3 fully saturated rings. The lowest BCUT2D eigenvalue weighted by molar-refractivity contribution is -0.139. The summed E-state index contributed by atoms with van der Waals surface area (Å²) in [6.45, 7) is 5.77.